The fraction of sp³-hybridized carbons (Fsp3) is 0.304. The molecule has 5 rings (SSSR count). The number of nitrogens with one attached hydrogen (secondary N) is 1. The zero-order chi connectivity index (χ0) is 22.9. The fourth-order valence-electron chi connectivity index (χ4n) is 4.08. The second-order valence-corrected chi connectivity index (χ2v) is 8.65. The second-order valence-electron chi connectivity index (χ2n) is 8.21. The molecule has 0 saturated carbocycles. The number of nitrogens with zero attached hydrogens (tertiary/aromatic N) is 6. The van der Waals surface area contributed by atoms with Gasteiger partial charge in [-0.15, -0.1) is 0 Å². The van der Waals surface area contributed by atoms with Crippen molar-refractivity contribution in [2.75, 3.05) is 31.7 Å². The molecule has 1 aliphatic heterocycles. The maximum atomic E-state index is 12.9. The smallest absolute Gasteiger partial charge is 0.227 e. The van der Waals surface area contributed by atoms with Gasteiger partial charge in [-0.05, 0) is 23.8 Å². The minimum atomic E-state index is -0.229. The largest absolute Gasteiger partial charge is 0.382 e. The number of rotatable bonds is 7. The average Bonchev–Trinajstić information content (AvgIpc) is 3.39. The van der Waals surface area contributed by atoms with E-state index < -0.39 is 0 Å². The van der Waals surface area contributed by atoms with Crippen molar-refractivity contribution in [1.29, 1.82) is 0 Å². The first-order valence-electron chi connectivity index (χ1n) is 10.6. The number of ether oxygens (including phenoxy) is 1. The molecular formula is C23H24ClN7O2. The lowest BCUT2D eigenvalue weighted by Crippen LogP contribution is -2.54. The molecule has 170 valence electrons. The summed E-state index contributed by atoms with van der Waals surface area (Å²) in [6.07, 6.45) is 7.28. The molecule has 0 bridgehead atoms. The maximum absolute atomic E-state index is 12.9. The highest BCUT2D eigenvalue weighted by atomic mass is 35.5. The molecule has 1 atom stereocenters. The van der Waals surface area contributed by atoms with E-state index in [0.29, 0.717) is 24.7 Å². The zero-order valence-corrected chi connectivity index (χ0v) is 19.1. The van der Waals surface area contributed by atoms with Crippen LogP contribution >= 0.6 is 11.6 Å². The van der Waals surface area contributed by atoms with Gasteiger partial charge in [-0.3, -0.25) is 9.48 Å². The molecule has 0 spiro atoms. The van der Waals surface area contributed by atoms with Crippen LogP contribution in [0.5, 0.6) is 0 Å². The lowest BCUT2D eigenvalue weighted by Gasteiger charge is -2.39. The van der Waals surface area contributed by atoms with E-state index in [1.54, 1.807) is 11.8 Å². The van der Waals surface area contributed by atoms with Gasteiger partial charge in [-0.1, -0.05) is 23.7 Å². The molecule has 0 aliphatic carbocycles. The number of fused-ring (bicyclic) bond motifs is 1. The van der Waals surface area contributed by atoms with Crippen molar-refractivity contribution in [3.8, 4) is 11.1 Å². The number of hydrogen-bond donors (Lipinski definition) is 1. The first-order chi connectivity index (χ1) is 16.0. The van der Waals surface area contributed by atoms with Crippen LogP contribution in [0.4, 0.5) is 5.82 Å². The van der Waals surface area contributed by atoms with E-state index in [1.807, 2.05) is 54.4 Å². The van der Waals surface area contributed by atoms with Crippen LogP contribution < -0.4 is 10.2 Å². The summed E-state index contributed by atoms with van der Waals surface area (Å²) in [6.45, 7) is 1.57. The number of anilines is 1. The molecule has 33 heavy (non-hydrogen) atoms. The number of carbonyl (C=O) groups excluding carboxylic acids is 1. The summed E-state index contributed by atoms with van der Waals surface area (Å²) < 4.78 is 8.90. The van der Waals surface area contributed by atoms with Crippen LogP contribution in [0.1, 0.15) is 11.6 Å². The van der Waals surface area contributed by atoms with E-state index in [-0.39, 0.29) is 17.9 Å². The van der Waals surface area contributed by atoms with E-state index in [0.717, 1.165) is 28.0 Å². The van der Waals surface area contributed by atoms with E-state index in [2.05, 4.69) is 31.5 Å². The van der Waals surface area contributed by atoms with Gasteiger partial charge in [0.05, 0.1) is 24.8 Å². The summed E-state index contributed by atoms with van der Waals surface area (Å²) in [4.78, 5) is 19.5. The van der Waals surface area contributed by atoms with Gasteiger partial charge in [0, 0.05) is 55.8 Å². The molecule has 1 aromatic carbocycles. The molecule has 1 N–H and O–H groups in total. The van der Waals surface area contributed by atoms with Crippen molar-refractivity contribution >= 4 is 28.8 Å². The lowest BCUT2D eigenvalue weighted by atomic mass is 9.97. The normalized spacial score (nSPS) is 14.9. The van der Waals surface area contributed by atoms with Crippen LogP contribution in [0.25, 0.3) is 16.6 Å². The highest BCUT2D eigenvalue weighted by molar-refractivity contribution is 6.30. The third kappa shape index (κ3) is 4.29. The Balaban J connectivity index is 1.28. The highest BCUT2D eigenvalue weighted by Gasteiger charge is 2.35. The Labute approximate surface area is 195 Å². The standard InChI is InChI=1S/C23H24ClN7O2/c1-29-9-17(8-26-29)16-7-21-22(25-14-27-31(21)12-16)30-10-18(11-30)23(32)28-20(13-33-2)15-3-5-19(24)6-4-15/h3-9,12,14,18,20H,10-11,13H2,1-2H3,(H,28,32)/t20-/m0/s1. The number of aryl methyl sites for hydroxylation is 1. The van der Waals surface area contributed by atoms with Gasteiger partial charge >= 0.3 is 0 Å². The topological polar surface area (TPSA) is 89.6 Å². The molecule has 0 radical (unpaired) electrons. The number of halogens is 1. The molecular weight excluding hydrogens is 442 g/mol. The number of methoxy groups -OCH3 is 1. The van der Waals surface area contributed by atoms with Crippen molar-refractivity contribution in [2.24, 2.45) is 13.0 Å². The van der Waals surface area contributed by atoms with E-state index in [4.69, 9.17) is 16.3 Å². The van der Waals surface area contributed by atoms with E-state index >= 15 is 0 Å². The van der Waals surface area contributed by atoms with Crippen LogP contribution in [-0.4, -0.2) is 57.1 Å². The second kappa shape index (κ2) is 8.84. The summed E-state index contributed by atoms with van der Waals surface area (Å²) >= 11 is 5.99. The molecule has 4 aromatic rings. The SMILES string of the molecule is COC[C@H](NC(=O)C1CN(c2ncnn3cc(-c4cnn(C)c4)cc23)C1)c1ccc(Cl)cc1. The number of hydrogen-bond acceptors (Lipinski definition) is 6. The Morgan fingerprint density at radius 1 is 1.21 bits per heavy atom. The molecule has 1 aliphatic rings. The summed E-state index contributed by atoms with van der Waals surface area (Å²) in [5.74, 6) is 0.689. The number of benzene rings is 1. The Morgan fingerprint density at radius 2 is 2.00 bits per heavy atom. The number of aromatic nitrogens is 5. The Morgan fingerprint density at radius 3 is 2.70 bits per heavy atom. The summed E-state index contributed by atoms with van der Waals surface area (Å²) in [5, 5.41) is 12.3. The Bertz CT molecular complexity index is 1280. The minimum absolute atomic E-state index is 0.000224. The molecule has 0 unspecified atom stereocenters. The van der Waals surface area contributed by atoms with Gasteiger partial charge < -0.3 is 15.0 Å². The van der Waals surface area contributed by atoms with Crippen molar-refractivity contribution in [1.82, 2.24) is 29.7 Å². The lowest BCUT2D eigenvalue weighted by molar-refractivity contribution is -0.126. The third-order valence-electron chi connectivity index (χ3n) is 5.90. The predicted molar refractivity (Wildman–Crippen MR) is 125 cm³/mol. The summed E-state index contributed by atoms with van der Waals surface area (Å²) in [7, 11) is 3.51. The molecule has 4 heterocycles. The summed E-state index contributed by atoms with van der Waals surface area (Å²) in [5.41, 5.74) is 3.89. The average molecular weight is 466 g/mol. The van der Waals surface area contributed by atoms with Gasteiger partial charge in [0.1, 0.15) is 11.8 Å². The van der Waals surface area contributed by atoms with E-state index in [9.17, 15) is 4.79 Å². The van der Waals surface area contributed by atoms with Crippen LogP contribution in [0.3, 0.4) is 0 Å². The van der Waals surface area contributed by atoms with Gasteiger partial charge in [0.2, 0.25) is 5.91 Å². The molecule has 1 fully saturated rings. The number of amides is 1. The minimum Gasteiger partial charge on any atom is -0.382 e. The predicted octanol–water partition coefficient (Wildman–Crippen LogP) is 2.72. The van der Waals surface area contributed by atoms with Crippen LogP contribution in [-0.2, 0) is 16.6 Å². The quantitative estimate of drug-likeness (QED) is 0.451. The maximum Gasteiger partial charge on any atom is 0.227 e. The van der Waals surface area contributed by atoms with Crippen molar-refractivity contribution in [3.05, 3.63) is 65.8 Å². The zero-order valence-electron chi connectivity index (χ0n) is 18.3. The molecule has 1 saturated heterocycles. The molecule has 3 aromatic heterocycles. The molecule has 9 nitrogen and oxygen atoms in total. The Kier molecular flexibility index (Phi) is 5.74. The van der Waals surface area contributed by atoms with Crippen LogP contribution in [0.15, 0.2) is 55.2 Å². The monoisotopic (exact) mass is 465 g/mol. The van der Waals surface area contributed by atoms with Crippen LogP contribution in [0.2, 0.25) is 5.02 Å². The van der Waals surface area contributed by atoms with Gasteiger partial charge in [-0.2, -0.15) is 10.2 Å². The molecule has 10 heteroatoms. The first-order valence-corrected chi connectivity index (χ1v) is 11.0. The number of carbonyl (C=O) groups is 1. The van der Waals surface area contributed by atoms with Crippen LogP contribution in [0, 0.1) is 5.92 Å². The first kappa shape index (κ1) is 21.4. The summed E-state index contributed by atoms with van der Waals surface area (Å²) in [6, 6.07) is 9.26. The van der Waals surface area contributed by atoms with Crippen molar-refractivity contribution < 1.29 is 9.53 Å². The fourth-order valence-corrected chi connectivity index (χ4v) is 4.20. The van der Waals surface area contributed by atoms with Crippen molar-refractivity contribution in [3.63, 3.8) is 0 Å². The van der Waals surface area contributed by atoms with Gasteiger partial charge in [0.25, 0.3) is 0 Å². The third-order valence-corrected chi connectivity index (χ3v) is 6.15. The highest BCUT2D eigenvalue weighted by Crippen LogP contribution is 2.30. The molecule has 1 amide bonds. The van der Waals surface area contributed by atoms with E-state index in [1.165, 1.54) is 6.33 Å². The van der Waals surface area contributed by atoms with Gasteiger partial charge in [-0.25, -0.2) is 9.50 Å². The van der Waals surface area contributed by atoms with Crippen molar-refractivity contribution in [2.45, 2.75) is 6.04 Å². The van der Waals surface area contributed by atoms with Gasteiger partial charge in [0.15, 0.2) is 5.82 Å². The Hall–Kier alpha value is -3.43.